The fourth-order valence-corrected chi connectivity index (χ4v) is 3.04. The minimum absolute atomic E-state index is 0.00319. The zero-order valence-electron chi connectivity index (χ0n) is 12.0. The molecule has 0 aromatic carbocycles. The molecule has 0 aromatic heterocycles. The lowest BCUT2D eigenvalue weighted by molar-refractivity contribution is -0.128. The van der Waals surface area contributed by atoms with Gasteiger partial charge >= 0.3 is 0 Å². The Labute approximate surface area is 119 Å². The van der Waals surface area contributed by atoms with Gasteiger partial charge in [-0.05, 0) is 19.9 Å². The molecule has 1 saturated carbocycles. The minimum atomic E-state index is -0.838. The van der Waals surface area contributed by atoms with Crippen LogP contribution in [0.25, 0.3) is 0 Å². The fraction of sp³-hybridized carbons (Fsp3) is 0.846. The zero-order chi connectivity index (χ0) is 14.6. The molecule has 0 radical (unpaired) electrons. The van der Waals surface area contributed by atoms with Gasteiger partial charge in [-0.2, -0.15) is 0 Å². The molecule has 7 nitrogen and oxygen atoms in total. The van der Waals surface area contributed by atoms with E-state index in [1.807, 2.05) is 7.05 Å². The number of carbonyl (C=O) groups excluding carboxylic acids is 1. The Morgan fingerprint density at radius 2 is 2.25 bits per heavy atom. The number of likely N-dealkylation sites (N-methyl/N-ethyl adjacent to an activating group) is 1. The maximum Gasteiger partial charge on any atom is 0.234 e. The number of oxime groups is 1. The summed E-state index contributed by atoms with van der Waals surface area (Å²) >= 11 is 0. The topological polar surface area (TPSA) is 100 Å². The van der Waals surface area contributed by atoms with Gasteiger partial charge in [0.25, 0.3) is 0 Å². The van der Waals surface area contributed by atoms with Crippen LogP contribution in [0.1, 0.15) is 25.7 Å². The quantitative estimate of drug-likeness (QED) is 0.286. The molecule has 1 heterocycles. The average molecular weight is 284 g/mol. The SMILES string of the molecule is CN1CCOC(CNC(=O)C2(C(N)=NO)CCCC2)C1. The number of hydrogen-bond donors (Lipinski definition) is 3. The third kappa shape index (κ3) is 3.04. The second-order valence-corrected chi connectivity index (χ2v) is 5.74. The molecule has 1 aliphatic carbocycles. The molecule has 0 bridgehead atoms. The molecule has 1 amide bonds. The van der Waals surface area contributed by atoms with Crippen LogP contribution in [-0.4, -0.2) is 61.2 Å². The second kappa shape index (κ2) is 6.41. The molecule has 1 saturated heterocycles. The van der Waals surface area contributed by atoms with Gasteiger partial charge in [-0.1, -0.05) is 18.0 Å². The molecular formula is C13H24N4O3. The molecule has 4 N–H and O–H groups in total. The number of morpholine rings is 1. The number of ether oxygens (including phenoxy) is 1. The molecule has 2 rings (SSSR count). The molecule has 2 fully saturated rings. The first kappa shape index (κ1) is 15.1. The Morgan fingerprint density at radius 1 is 1.55 bits per heavy atom. The van der Waals surface area contributed by atoms with Crippen LogP contribution >= 0.6 is 0 Å². The van der Waals surface area contributed by atoms with Crippen molar-refractivity contribution >= 4 is 11.7 Å². The van der Waals surface area contributed by atoms with Crippen LogP contribution in [0, 0.1) is 5.41 Å². The largest absolute Gasteiger partial charge is 0.409 e. The van der Waals surface area contributed by atoms with Gasteiger partial charge in [0.2, 0.25) is 5.91 Å². The van der Waals surface area contributed by atoms with E-state index in [9.17, 15) is 4.79 Å². The van der Waals surface area contributed by atoms with E-state index in [2.05, 4.69) is 15.4 Å². The van der Waals surface area contributed by atoms with Gasteiger partial charge in [0, 0.05) is 19.6 Å². The highest BCUT2D eigenvalue weighted by Gasteiger charge is 2.45. The van der Waals surface area contributed by atoms with Crippen LogP contribution in [0.4, 0.5) is 0 Å². The van der Waals surface area contributed by atoms with Crippen molar-refractivity contribution in [3.63, 3.8) is 0 Å². The van der Waals surface area contributed by atoms with E-state index in [-0.39, 0.29) is 17.8 Å². The highest BCUT2D eigenvalue weighted by molar-refractivity contribution is 6.07. The zero-order valence-corrected chi connectivity index (χ0v) is 12.0. The number of rotatable bonds is 4. The normalized spacial score (nSPS) is 27.4. The van der Waals surface area contributed by atoms with Crippen molar-refractivity contribution in [3.05, 3.63) is 0 Å². The molecule has 114 valence electrons. The van der Waals surface area contributed by atoms with Crippen molar-refractivity contribution in [2.45, 2.75) is 31.8 Å². The molecule has 2 aliphatic rings. The number of amidine groups is 1. The summed E-state index contributed by atoms with van der Waals surface area (Å²) in [5.74, 6) is -0.128. The van der Waals surface area contributed by atoms with Crippen molar-refractivity contribution in [1.29, 1.82) is 0 Å². The fourth-order valence-electron chi connectivity index (χ4n) is 3.04. The number of amides is 1. The Balaban J connectivity index is 1.92. The average Bonchev–Trinajstić information content (AvgIpc) is 2.95. The molecule has 20 heavy (non-hydrogen) atoms. The van der Waals surface area contributed by atoms with Crippen LogP contribution in [0.3, 0.4) is 0 Å². The van der Waals surface area contributed by atoms with Crippen LogP contribution in [0.2, 0.25) is 0 Å². The van der Waals surface area contributed by atoms with Crippen molar-refractivity contribution in [3.8, 4) is 0 Å². The van der Waals surface area contributed by atoms with Crippen LogP contribution in [-0.2, 0) is 9.53 Å². The van der Waals surface area contributed by atoms with E-state index in [1.165, 1.54) is 0 Å². The summed E-state index contributed by atoms with van der Waals surface area (Å²) in [4.78, 5) is 14.6. The van der Waals surface area contributed by atoms with E-state index < -0.39 is 5.41 Å². The lowest BCUT2D eigenvalue weighted by Crippen LogP contribution is -2.52. The van der Waals surface area contributed by atoms with Gasteiger partial charge in [0.15, 0.2) is 5.84 Å². The summed E-state index contributed by atoms with van der Waals surface area (Å²) in [6.07, 6.45) is 3.13. The second-order valence-electron chi connectivity index (χ2n) is 5.74. The maximum atomic E-state index is 12.4. The van der Waals surface area contributed by atoms with Crippen molar-refractivity contribution in [2.75, 3.05) is 33.3 Å². The summed E-state index contributed by atoms with van der Waals surface area (Å²) in [5.41, 5.74) is 4.91. The number of nitrogens with zero attached hydrogens (tertiary/aromatic N) is 2. The van der Waals surface area contributed by atoms with Crippen LogP contribution < -0.4 is 11.1 Å². The molecular weight excluding hydrogens is 260 g/mol. The Kier molecular flexibility index (Phi) is 4.82. The Hall–Kier alpha value is -1.34. The number of carbonyl (C=O) groups is 1. The Morgan fingerprint density at radius 3 is 2.85 bits per heavy atom. The number of nitrogens with one attached hydrogen (secondary N) is 1. The van der Waals surface area contributed by atoms with Crippen molar-refractivity contribution in [2.24, 2.45) is 16.3 Å². The Bertz CT molecular complexity index is 380. The number of nitrogens with two attached hydrogens (primary N) is 1. The minimum Gasteiger partial charge on any atom is -0.409 e. The summed E-state index contributed by atoms with van der Waals surface area (Å²) in [6, 6.07) is 0. The molecule has 7 heteroatoms. The summed E-state index contributed by atoms with van der Waals surface area (Å²) in [5, 5.41) is 14.9. The van der Waals surface area contributed by atoms with Gasteiger partial charge in [0.1, 0.15) is 5.41 Å². The van der Waals surface area contributed by atoms with Crippen molar-refractivity contribution in [1.82, 2.24) is 10.2 Å². The van der Waals surface area contributed by atoms with Gasteiger partial charge in [-0.3, -0.25) is 4.79 Å². The van der Waals surface area contributed by atoms with Gasteiger partial charge in [0.05, 0.1) is 12.7 Å². The molecule has 1 aliphatic heterocycles. The van der Waals surface area contributed by atoms with Gasteiger partial charge in [-0.25, -0.2) is 0 Å². The first-order valence-electron chi connectivity index (χ1n) is 7.15. The first-order valence-corrected chi connectivity index (χ1v) is 7.15. The van der Waals surface area contributed by atoms with E-state index in [0.29, 0.717) is 26.0 Å². The van der Waals surface area contributed by atoms with E-state index in [4.69, 9.17) is 15.7 Å². The highest BCUT2D eigenvalue weighted by Crippen LogP contribution is 2.38. The van der Waals surface area contributed by atoms with Crippen LogP contribution in [0.15, 0.2) is 5.16 Å². The third-order valence-corrected chi connectivity index (χ3v) is 4.32. The third-order valence-electron chi connectivity index (χ3n) is 4.32. The van der Waals surface area contributed by atoms with Crippen LogP contribution in [0.5, 0.6) is 0 Å². The standard InChI is InChI=1S/C13H24N4O3/c1-17-6-7-20-10(9-17)8-15-12(18)13(11(14)16-19)4-2-3-5-13/h10,19H,2-9H2,1H3,(H2,14,16)(H,15,18). The predicted molar refractivity (Wildman–Crippen MR) is 74.6 cm³/mol. The summed E-state index contributed by atoms with van der Waals surface area (Å²) in [7, 11) is 2.03. The molecule has 1 unspecified atom stereocenters. The van der Waals surface area contributed by atoms with Crippen molar-refractivity contribution < 1.29 is 14.7 Å². The summed E-state index contributed by atoms with van der Waals surface area (Å²) in [6.45, 7) is 2.86. The van der Waals surface area contributed by atoms with E-state index >= 15 is 0 Å². The smallest absolute Gasteiger partial charge is 0.234 e. The lowest BCUT2D eigenvalue weighted by atomic mass is 9.83. The lowest BCUT2D eigenvalue weighted by Gasteiger charge is -2.32. The van der Waals surface area contributed by atoms with Gasteiger partial charge in [-0.15, -0.1) is 0 Å². The number of hydrogen-bond acceptors (Lipinski definition) is 5. The molecule has 0 spiro atoms. The van der Waals surface area contributed by atoms with E-state index in [0.717, 1.165) is 25.9 Å². The van der Waals surface area contributed by atoms with E-state index in [1.54, 1.807) is 0 Å². The highest BCUT2D eigenvalue weighted by atomic mass is 16.5. The first-order chi connectivity index (χ1) is 9.58. The molecule has 0 aromatic rings. The monoisotopic (exact) mass is 284 g/mol. The maximum absolute atomic E-state index is 12.4. The van der Waals surface area contributed by atoms with Gasteiger partial charge < -0.3 is 25.9 Å². The summed E-state index contributed by atoms with van der Waals surface area (Å²) < 4.78 is 5.61. The predicted octanol–water partition coefficient (Wildman–Crippen LogP) is -0.260. The molecule has 1 atom stereocenters.